The highest BCUT2D eigenvalue weighted by Gasteiger charge is 2.40. The number of rotatable bonds is 6. The molecule has 21 heavy (non-hydrogen) atoms. The summed E-state index contributed by atoms with van der Waals surface area (Å²) in [5.41, 5.74) is 0.312. The maximum atomic E-state index is 12.3. The number of hydrogen-bond acceptors (Lipinski definition) is 4. The van der Waals surface area contributed by atoms with Crippen molar-refractivity contribution in [2.24, 2.45) is 5.92 Å². The molecule has 6 heteroatoms. The van der Waals surface area contributed by atoms with Crippen molar-refractivity contribution in [2.45, 2.75) is 57.2 Å². The number of nitrogens with one attached hydrogen (secondary N) is 1. The van der Waals surface area contributed by atoms with Crippen molar-refractivity contribution in [1.82, 2.24) is 15.2 Å². The van der Waals surface area contributed by atoms with Gasteiger partial charge in [-0.3, -0.25) is 9.59 Å². The van der Waals surface area contributed by atoms with Gasteiger partial charge in [-0.25, -0.2) is 4.98 Å². The summed E-state index contributed by atoms with van der Waals surface area (Å²) < 4.78 is 5.38. The lowest BCUT2D eigenvalue weighted by Crippen LogP contribution is -2.34. The lowest BCUT2D eigenvalue weighted by molar-refractivity contribution is -0.134. The average molecular weight is 289 g/mol. The molecule has 3 aliphatic carbocycles. The Hall–Kier alpha value is -1.85. The number of amides is 2. The van der Waals surface area contributed by atoms with Crippen molar-refractivity contribution < 1.29 is 14.0 Å². The van der Waals surface area contributed by atoms with Crippen molar-refractivity contribution in [3.05, 3.63) is 17.8 Å². The van der Waals surface area contributed by atoms with E-state index in [-0.39, 0.29) is 17.7 Å². The third-order valence-electron chi connectivity index (χ3n) is 4.20. The second-order valence-corrected chi connectivity index (χ2v) is 6.35. The van der Waals surface area contributed by atoms with Crippen LogP contribution in [0.5, 0.6) is 0 Å². The molecule has 4 rings (SSSR count). The zero-order valence-electron chi connectivity index (χ0n) is 11.9. The lowest BCUT2D eigenvalue weighted by Gasteiger charge is -2.20. The van der Waals surface area contributed by atoms with Gasteiger partial charge in [0, 0.05) is 18.0 Å². The molecule has 0 bridgehead atoms. The molecule has 0 unspecified atom stereocenters. The molecular formula is C15H19N3O3. The van der Waals surface area contributed by atoms with Crippen LogP contribution in [0.2, 0.25) is 0 Å². The average Bonchev–Trinajstić information content (AvgIpc) is 3.32. The van der Waals surface area contributed by atoms with Crippen LogP contribution in [0.1, 0.15) is 54.9 Å². The molecule has 112 valence electrons. The van der Waals surface area contributed by atoms with Crippen molar-refractivity contribution in [1.29, 1.82) is 0 Å². The standard InChI is InChI=1S/C15H19N3O3/c19-14(16-10-3-4-10)12-8-21-13(17-12)7-18(11-5-6-11)15(20)9-1-2-9/h8-11H,1-7H2,(H,16,19). The molecule has 0 atom stereocenters. The summed E-state index contributed by atoms with van der Waals surface area (Å²) >= 11 is 0. The van der Waals surface area contributed by atoms with Gasteiger partial charge in [-0.2, -0.15) is 0 Å². The van der Waals surface area contributed by atoms with Gasteiger partial charge in [0.25, 0.3) is 5.91 Å². The van der Waals surface area contributed by atoms with Crippen LogP contribution in [-0.2, 0) is 11.3 Å². The summed E-state index contributed by atoms with van der Waals surface area (Å²) in [6.45, 7) is 0.386. The molecule has 1 aromatic rings. The molecule has 3 saturated carbocycles. The first-order chi connectivity index (χ1) is 10.2. The summed E-state index contributed by atoms with van der Waals surface area (Å²) in [5, 5.41) is 2.88. The topological polar surface area (TPSA) is 75.4 Å². The quantitative estimate of drug-likeness (QED) is 0.860. The Labute approximate surface area is 122 Å². The molecule has 0 aliphatic heterocycles. The van der Waals surface area contributed by atoms with Gasteiger partial charge in [0.05, 0.1) is 6.54 Å². The molecule has 3 fully saturated rings. The van der Waals surface area contributed by atoms with E-state index in [2.05, 4.69) is 10.3 Å². The van der Waals surface area contributed by atoms with Crippen LogP contribution in [0, 0.1) is 5.92 Å². The second-order valence-electron chi connectivity index (χ2n) is 6.35. The maximum absolute atomic E-state index is 12.3. The van der Waals surface area contributed by atoms with Crippen molar-refractivity contribution in [3.63, 3.8) is 0 Å². The minimum absolute atomic E-state index is 0.181. The van der Waals surface area contributed by atoms with E-state index in [0.717, 1.165) is 38.5 Å². The van der Waals surface area contributed by atoms with Crippen LogP contribution < -0.4 is 5.32 Å². The normalized spacial score (nSPS) is 21.1. The molecule has 2 amide bonds. The first kappa shape index (κ1) is 12.9. The molecule has 0 aromatic carbocycles. The molecule has 3 aliphatic rings. The summed E-state index contributed by atoms with van der Waals surface area (Å²) in [7, 11) is 0. The predicted molar refractivity (Wildman–Crippen MR) is 73.3 cm³/mol. The molecular weight excluding hydrogens is 270 g/mol. The zero-order chi connectivity index (χ0) is 14.4. The van der Waals surface area contributed by atoms with Crippen LogP contribution in [0.25, 0.3) is 0 Å². The zero-order valence-corrected chi connectivity index (χ0v) is 11.9. The Balaban J connectivity index is 1.41. The van der Waals surface area contributed by atoms with E-state index in [1.807, 2.05) is 4.90 Å². The minimum Gasteiger partial charge on any atom is -0.446 e. The second kappa shape index (κ2) is 4.86. The van der Waals surface area contributed by atoms with Gasteiger partial charge in [0.1, 0.15) is 6.26 Å². The highest BCUT2D eigenvalue weighted by atomic mass is 16.3. The van der Waals surface area contributed by atoms with Gasteiger partial charge in [0.15, 0.2) is 5.69 Å². The summed E-state index contributed by atoms with van der Waals surface area (Å²) in [5.74, 6) is 0.703. The van der Waals surface area contributed by atoms with E-state index in [0.29, 0.717) is 30.2 Å². The fourth-order valence-corrected chi connectivity index (χ4v) is 2.46. The van der Waals surface area contributed by atoms with Crippen LogP contribution in [0.4, 0.5) is 0 Å². The Morgan fingerprint density at radius 1 is 1.24 bits per heavy atom. The lowest BCUT2D eigenvalue weighted by atomic mass is 10.3. The molecule has 1 heterocycles. The van der Waals surface area contributed by atoms with Crippen molar-refractivity contribution >= 4 is 11.8 Å². The summed E-state index contributed by atoms with van der Waals surface area (Å²) in [6.07, 6.45) is 7.61. The van der Waals surface area contributed by atoms with Gasteiger partial charge in [-0.05, 0) is 38.5 Å². The van der Waals surface area contributed by atoms with Gasteiger partial charge in [-0.1, -0.05) is 0 Å². The maximum Gasteiger partial charge on any atom is 0.273 e. The van der Waals surface area contributed by atoms with E-state index in [1.54, 1.807) is 0 Å². The smallest absolute Gasteiger partial charge is 0.273 e. The summed E-state index contributed by atoms with van der Waals surface area (Å²) in [4.78, 5) is 30.3. The highest BCUT2D eigenvalue weighted by molar-refractivity contribution is 5.92. The van der Waals surface area contributed by atoms with Crippen LogP contribution in [0.15, 0.2) is 10.7 Å². The number of oxazole rings is 1. The number of carbonyl (C=O) groups is 2. The predicted octanol–water partition coefficient (Wildman–Crippen LogP) is 1.47. The summed E-state index contributed by atoms with van der Waals surface area (Å²) in [6, 6.07) is 0.644. The van der Waals surface area contributed by atoms with Crippen LogP contribution in [-0.4, -0.2) is 33.8 Å². The van der Waals surface area contributed by atoms with E-state index < -0.39 is 0 Å². The first-order valence-corrected chi connectivity index (χ1v) is 7.76. The third kappa shape index (κ3) is 2.94. The molecule has 0 radical (unpaired) electrons. The van der Waals surface area contributed by atoms with Crippen LogP contribution >= 0.6 is 0 Å². The Kier molecular flexibility index (Phi) is 2.97. The molecule has 1 aromatic heterocycles. The van der Waals surface area contributed by atoms with E-state index in [1.165, 1.54) is 6.26 Å². The monoisotopic (exact) mass is 289 g/mol. The van der Waals surface area contributed by atoms with E-state index in [4.69, 9.17) is 4.42 Å². The van der Waals surface area contributed by atoms with E-state index in [9.17, 15) is 9.59 Å². The first-order valence-electron chi connectivity index (χ1n) is 7.76. The molecule has 0 spiro atoms. The number of hydrogen-bond donors (Lipinski definition) is 1. The van der Waals surface area contributed by atoms with Crippen molar-refractivity contribution in [2.75, 3.05) is 0 Å². The van der Waals surface area contributed by atoms with Crippen molar-refractivity contribution in [3.8, 4) is 0 Å². The Bertz CT molecular complexity index is 570. The number of carbonyl (C=O) groups excluding carboxylic acids is 2. The number of aromatic nitrogens is 1. The number of nitrogens with zero attached hydrogens (tertiary/aromatic N) is 2. The Morgan fingerprint density at radius 2 is 2.00 bits per heavy atom. The van der Waals surface area contributed by atoms with Gasteiger partial charge in [0.2, 0.25) is 11.8 Å². The minimum atomic E-state index is -0.181. The largest absolute Gasteiger partial charge is 0.446 e. The third-order valence-corrected chi connectivity index (χ3v) is 4.20. The molecule has 6 nitrogen and oxygen atoms in total. The Morgan fingerprint density at radius 3 is 2.62 bits per heavy atom. The molecule has 0 saturated heterocycles. The highest BCUT2D eigenvalue weighted by Crippen LogP contribution is 2.36. The fourth-order valence-electron chi connectivity index (χ4n) is 2.46. The van der Waals surface area contributed by atoms with Gasteiger partial charge >= 0.3 is 0 Å². The van der Waals surface area contributed by atoms with Gasteiger partial charge in [-0.15, -0.1) is 0 Å². The fraction of sp³-hybridized carbons (Fsp3) is 0.667. The molecule has 1 N–H and O–H groups in total. The van der Waals surface area contributed by atoms with Crippen LogP contribution in [0.3, 0.4) is 0 Å². The van der Waals surface area contributed by atoms with Gasteiger partial charge < -0.3 is 14.6 Å². The van der Waals surface area contributed by atoms with E-state index >= 15 is 0 Å². The SMILES string of the molecule is O=C(NC1CC1)c1coc(CN(C(=O)C2CC2)C2CC2)n1.